The summed E-state index contributed by atoms with van der Waals surface area (Å²) in [6, 6.07) is 3.31. The molecule has 0 aromatic carbocycles. The Morgan fingerprint density at radius 2 is 2.16 bits per heavy atom. The second-order valence-corrected chi connectivity index (χ2v) is 5.27. The molecule has 0 bridgehead atoms. The molecule has 1 aliphatic carbocycles. The van der Waals surface area contributed by atoms with Gasteiger partial charge in [0.2, 0.25) is 5.91 Å². The summed E-state index contributed by atoms with van der Waals surface area (Å²) in [5, 5.41) is 2.69. The zero-order valence-electron chi connectivity index (χ0n) is 10.2. The topological polar surface area (TPSA) is 76.1 Å². The van der Waals surface area contributed by atoms with Gasteiger partial charge in [0.15, 0.2) is 5.78 Å². The minimum Gasteiger partial charge on any atom is -0.310 e. The summed E-state index contributed by atoms with van der Waals surface area (Å²) < 4.78 is 0.563. The molecule has 1 saturated carbocycles. The smallest absolute Gasteiger partial charge is 0.228 e. The Labute approximate surface area is 118 Å². The summed E-state index contributed by atoms with van der Waals surface area (Å²) in [5.41, 5.74) is 0.246. The zero-order chi connectivity index (χ0) is 13.8. The van der Waals surface area contributed by atoms with Gasteiger partial charge >= 0.3 is 0 Å². The Morgan fingerprint density at radius 3 is 2.79 bits per heavy atom. The first-order valence-electron chi connectivity index (χ1n) is 6.06. The highest BCUT2D eigenvalue weighted by atomic mass is 79.9. The molecule has 1 aromatic rings. The number of nitrogens with one attached hydrogen (secondary N) is 1. The standard InChI is InChI=1S/C13H13BrN2O3/c14-9-5-6-11(16-13(19)8-3-4-8)15-12(9)10(18)2-1-7-17/h5-8H,1-4H2,(H,15,16,19). The zero-order valence-corrected chi connectivity index (χ0v) is 11.8. The van der Waals surface area contributed by atoms with Crippen LogP contribution in [0.5, 0.6) is 0 Å². The Morgan fingerprint density at radius 1 is 1.42 bits per heavy atom. The van der Waals surface area contributed by atoms with Gasteiger partial charge in [-0.05, 0) is 40.9 Å². The average Bonchev–Trinajstić information content (AvgIpc) is 3.22. The lowest BCUT2D eigenvalue weighted by atomic mass is 10.1. The molecule has 2 rings (SSSR count). The summed E-state index contributed by atoms with van der Waals surface area (Å²) in [4.78, 5) is 37.9. The maximum absolute atomic E-state index is 11.8. The van der Waals surface area contributed by atoms with E-state index in [1.165, 1.54) is 0 Å². The van der Waals surface area contributed by atoms with Gasteiger partial charge in [0, 0.05) is 23.2 Å². The summed E-state index contributed by atoms with van der Waals surface area (Å²) in [6.07, 6.45) is 2.81. The molecule has 1 amide bonds. The highest BCUT2D eigenvalue weighted by Gasteiger charge is 2.29. The third-order valence-electron chi connectivity index (χ3n) is 2.80. The van der Waals surface area contributed by atoms with Gasteiger partial charge in [-0.1, -0.05) is 0 Å². The number of aromatic nitrogens is 1. The fraction of sp³-hybridized carbons (Fsp3) is 0.385. The van der Waals surface area contributed by atoms with E-state index in [1.807, 2.05) is 0 Å². The van der Waals surface area contributed by atoms with Crippen LogP contribution in [0.3, 0.4) is 0 Å². The van der Waals surface area contributed by atoms with Crippen LogP contribution >= 0.6 is 15.9 Å². The molecule has 1 fully saturated rings. The molecule has 0 spiro atoms. The third-order valence-corrected chi connectivity index (χ3v) is 3.44. The highest BCUT2D eigenvalue weighted by molar-refractivity contribution is 9.10. The van der Waals surface area contributed by atoms with Gasteiger partial charge in [0.05, 0.1) is 0 Å². The lowest BCUT2D eigenvalue weighted by molar-refractivity contribution is -0.117. The number of halogens is 1. The Balaban J connectivity index is 2.11. The summed E-state index contributed by atoms with van der Waals surface area (Å²) in [6.45, 7) is 0. The quantitative estimate of drug-likeness (QED) is 0.643. The van der Waals surface area contributed by atoms with Crippen molar-refractivity contribution in [2.45, 2.75) is 25.7 Å². The van der Waals surface area contributed by atoms with Crippen molar-refractivity contribution in [3.8, 4) is 0 Å². The van der Waals surface area contributed by atoms with Crippen LogP contribution in [0.25, 0.3) is 0 Å². The second kappa shape index (κ2) is 6.06. The number of carbonyl (C=O) groups is 3. The van der Waals surface area contributed by atoms with Crippen LogP contribution in [0, 0.1) is 5.92 Å². The highest BCUT2D eigenvalue weighted by Crippen LogP contribution is 2.30. The van der Waals surface area contributed by atoms with E-state index in [0.717, 1.165) is 12.8 Å². The number of amides is 1. The molecule has 0 saturated heterocycles. The third kappa shape index (κ3) is 3.70. The number of nitrogens with zero attached hydrogens (tertiary/aromatic N) is 1. The van der Waals surface area contributed by atoms with Crippen molar-refractivity contribution in [3.63, 3.8) is 0 Å². The Hall–Kier alpha value is -1.56. The average molecular weight is 325 g/mol. The first-order valence-corrected chi connectivity index (χ1v) is 6.85. The van der Waals surface area contributed by atoms with E-state index in [2.05, 4.69) is 26.2 Å². The number of Topliss-reactive ketones (excluding diaryl/α,β-unsaturated/α-hetero) is 1. The lowest BCUT2D eigenvalue weighted by Crippen LogP contribution is -2.15. The van der Waals surface area contributed by atoms with Crippen molar-refractivity contribution >= 4 is 39.7 Å². The largest absolute Gasteiger partial charge is 0.310 e. The van der Waals surface area contributed by atoms with Gasteiger partial charge in [-0.15, -0.1) is 0 Å². The van der Waals surface area contributed by atoms with Crippen LogP contribution < -0.4 is 5.32 Å². The maximum Gasteiger partial charge on any atom is 0.228 e. The molecular formula is C13H13BrN2O3. The number of ketones is 1. The fourth-order valence-corrected chi connectivity index (χ4v) is 2.03. The molecule has 0 aliphatic heterocycles. The number of anilines is 1. The number of aldehydes is 1. The van der Waals surface area contributed by atoms with Gasteiger partial charge in [-0.2, -0.15) is 0 Å². The summed E-state index contributed by atoms with van der Waals surface area (Å²) in [7, 11) is 0. The monoisotopic (exact) mass is 324 g/mol. The number of carbonyl (C=O) groups excluding carboxylic acids is 3. The number of pyridine rings is 1. The van der Waals surface area contributed by atoms with E-state index in [4.69, 9.17) is 0 Å². The minimum atomic E-state index is -0.221. The van der Waals surface area contributed by atoms with Gasteiger partial charge < -0.3 is 10.1 Å². The first-order chi connectivity index (χ1) is 9.11. The molecule has 19 heavy (non-hydrogen) atoms. The summed E-state index contributed by atoms with van der Waals surface area (Å²) in [5.74, 6) is 0.178. The Kier molecular flexibility index (Phi) is 4.42. The minimum absolute atomic E-state index is 0.0545. The molecule has 1 aromatic heterocycles. The van der Waals surface area contributed by atoms with Crippen LogP contribution in [0.1, 0.15) is 36.2 Å². The molecule has 1 heterocycles. The predicted molar refractivity (Wildman–Crippen MR) is 72.9 cm³/mol. The van der Waals surface area contributed by atoms with Crippen molar-refractivity contribution in [2.24, 2.45) is 5.92 Å². The molecule has 100 valence electrons. The SMILES string of the molecule is O=CCCC(=O)c1nc(NC(=O)C2CC2)ccc1Br. The second-order valence-electron chi connectivity index (χ2n) is 4.42. The van der Waals surface area contributed by atoms with E-state index in [9.17, 15) is 14.4 Å². The van der Waals surface area contributed by atoms with Gasteiger partial charge in [0.1, 0.15) is 17.8 Å². The Bertz CT molecular complexity index is 527. The molecular weight excluding hydrogens is 312 g/mol. The maximum atomic E-state index is 11.8. The molecule has 5 nitrogen and oxygen atoms in total. The molecule has 1 N–H and O–H groups in total. The number of hydrogen-bond donors (Lipinski definition) is 1. The molecule has 0 unspecified atom stereocenters. The molecule has 0 radical (unpaired) electrons. The van der Waals surface area contributed by atoms with E-state index >= 15 is 0 Å². The van der Waals surface area contributed by atoms with Gasteiger partial charge in [-0.25, -0.2) is 4.98 Å². The van der Waals surface area contributed by atoms with Crippen molar-refractivity contribution in [1.29, 1.82) is 0 Å². The fourth-order valence-electron chi connectivity index (χ4n) is 1.59. The van der Waals surface area contributed by atoms with Crippen molar-refractivity contribution in [3.05, 3.63) is 22.3 Å². The van der Waals surface area contributed by atoms with Crippen LogP contribution in [0.4, 0.5) is 5.82 Å². The normalized spacial score (nSPS) is 13.9. The van der Waals surface area contributed by atoms with E-state index in [0.29, 0.717) is 16.6 Å². The van der Waals surface area contributed by atoms with Crippen molar-refractivity contribution < 1.29 is 14.4 Å². The van der Waals surface area contributed by atoms with Gasteiger partial charge in [-0.3, -0.25) is 9.59 Å². The van der Waals surface area contributed by atoms with Crippen molar-refractivity contribution in [1.82, 2.24) is 4.98 Å². The predicted octanol–water partition coefficient (Wildman–Crippen LogP) is 2.35. The molecule has 0 atom stereocenters. The lowest BCUT2D eigenvalue weighted by Gasteiger charge is -2.07. The number of hydrogen-bond acceptors (Lipinski definition) is 4. The van der Waals surface area contributed by atoms with Crippen LogP contribution in [-0.2, 0) is 9.59 Å². The number of rotatable bonds is 6. The molecule has 6 heteroatoms. The van der Waals surface area contributed by atoms with E-state index < -0.39 is 0 Å². The van der Waals surface area contributed by atoms with Crippen LogP contribution in [-0.4, -0.2) is 23.0 Å². The first kappa shape index (κ1) is 13.9. The van der Waals surface area contributed by atoms with E-state index in [1.54, 1.807) is 12.1 Å². The molecule has 1 aliphatic rings. The summed E-state index contributed by atoms with van der Waals surface area (Å²) >= 11 is 3.25. The van der Waals surface area contributed by atoms with Gasteiger partial charge in [0.25, 0.3) is 0 Å². The van der Waals surface area contributed by atoms with E-state index in [-0.39, 0.29) is 36.1 Å². The van der Waals surface area contributed by atoms with Crippen LogP contribution in [0.15, 0.2) is 16.6 Å². The van der Waals surface area contributed by atoms with Crippen molar-refractivity contribution in [2.75, 3.05) is 5.32 Å². The van der Waals surface area contributed by atoms with Crippen LogP contribution in [0.2, 0.25) is 0 Å².